The van der Waals surface area contributed by atoms with Gasteiger partial charge in [0.05, 0.1) is 12.6 Å². The van der Waals surface area contributed by atoms with E-state index in [1.54, 1.807) is 0 Å². The first-order chi connectivity index (χ1) is 11.3. The predicted molar refractivity (Wildman–Crippen MR) is 90.9 cm³/mol. The average Bonchev–Trinajstić information content (AvgIpc) is 3.02. The van der Waals surface area contributed by atoms with Gasteiger partial charge in [0.25, 0.3) is 0 Å². The first-order valence-corrected chi connectivity index (χ1v) is 8.95. The molecule has 0 spiro atoms. The van der Waals surface area contributed by atoms with Crippen molar-refractivity contribution < 1.29 is 9.53 Å². The van der Waals surface area contributed by atoms with Gasteiger partial charge in [-0.1, -0.05) is 37.1 Å². The molecule has 2 aliphatic rings. The molecule has 4 heteroatoms. The molecule has 126 valence electrons. The summed E-state index contributed by atoms with van der Waals surface area (Å²) in [7, 11) is 0. The van der Waals surface area contributed by atoms with Crippen LogP contribution in [0.3, 0.4) is 0 Å². The summed E-state index contributed by atoms with van der Waals surface area (Å²) in [5.41, 5.74) is 2.29. The van der Waals surface area contributed by atoms with Crippen LogP contribution in [0.15, 0.2) is 24.3 Å². The van der Waals surface area contributed by atoms with Crippen LogP contribution < -0.4 is 10.6 Å². The van der Waals surface area contributed by atoms with E-state index in [4.69, 9.17) is 4.74 Å². The van der Waals surface area contributed by atoms with Crippen molar-refractivity contribution in [1.82, 2.24) is 10.6 Å². The smallest absolute Gasteiger partial charge is 0.237 e. The molecule has 3 rings (SSSR count). The van der Waals surface area contributed by atoms with Gasteiger partial charge in [0, 0.05) is 19.2 Å². The minimum Gasteiger partial charge on any atom is -0.377 e. The topological polar surface area (TPSA) is 50.4 Å². The van der Waals surface area contributed by atoms with E-state index in [1.165, 1.54) is 25.7 Å². The van der Waals surface area contributed by atoms with Gasteiger partial charge in [-0.3, -0.25) is 4.79 Å². The van der Waals surface area contributed by atoms with Crippen LogP contribution in [0.2, 0.25) is 0 Å². The van der Waals surface area contributed by atoms with Gasteiger partial charge in [-0.15, -0.1) is 0 Å². The van der Waals surface area contributed by atoms with Gasteiger partial charge in [0.2, 0.25) is 5.91 Å². The van der Waals surface area contributed by atoms with E-state index in [2.05, 4.69) is 28.8 Å². The number of rotatable bonds is 6. The molecule has 1 saturated carbocycles. The molecular formula is C19H28N2O2. The summed E-state index contributed by atoms with van der Waals surface area (Å²) < 4.78 is 5.44. The van der Waals surface area contributed by atoms with Gasteiger partial charge >= 0.3 is 0 Å². The van der Waals surface area contributed by atoms with Crippen LogP contribution in [0.4, 0.5) is 0 Å². The summed E-state index contributed by atoms with van der Waals surface area (Å²) in [5, 5.41) is 6.63. The fourth-order valence-corrected chi connectivity index (χ4v) is 3.88. The maximum Gasteiger partial charge on any atom is 0.237 e. The molecule has 2 N–H and O–H groups in total. The normalized spacial score (nSPS) is 26.7. The molecular weight excluding hydrogens is 288 g/mol. The van der Waals surface area contributed by atoms with Gasteiger partial charge in [-0.05, 0) is 43.2 Å². The van der Waals surface area contributed by atoms with Crippen LogP contribution in [-0.2, 0) is 22.7 Å². The third-order valence-electron chi connectivity index (χ3n) is 5.11. The molecule has 4 nitrogen and oxygen atoms in total. The molecule has 1 saturated heterocycles. The van der Waals surface area contributed by atoms with Crippen molar-refractivity contribution in [3.63, 3.8) is 0 Å². The summed E-state index contributed by atoms with van der Waals surface area (Å²) in [6.45, 7) is 3.94. The Bertz CT molecular complexity index is 518. The molecule has 1 amide bonds. The second-order valence-electron chi connectivity index (χ2n) is 6.78. The fourth-order valence-electron chi connectivity index (χ4n) is 3.88. The number of amides is 1. The zero-order valence-electron chi connectivity index (χ0n) is 14.0. The number of hydrogen-bond acceptors (Lipinski definition) is 3. The minimum atomic E-state index is -0.00490. The van der Waals surface area contributed by atoms with Crippen LogP contribution in [0.1, 0.15) is 50.2 Å². The second-order valence-corrected chi connectivity index (χ2v) is 6.78. The summed E-state index contributed by atoms with van der Waals surface area (Å²) in [5.74, 6) is 0.851. The maximum absolute atomic E-state index is 12.4. The van der Waals surface area contributed by atoms with Crippen molar-refractivity contribution in [3.05, 3.63) is 35.4 Å². The van der Waals surface area contributed by atoms with Crippen molar-refractivity contribution >= 4 is 5.91 Å². The van der Waals surface area contributed by atoms with Crippen LogP contribution in [0.25, 0.3) is 0 Å². The monoisotopic (exact) mass is 316 g/mol. The van der Waals surface area contributed by atoms with Crippen molar-refractivity contribution in [2.75, 3.05) is 6.61 Å². The zero-order valence-corrected chi connectivity index (χ0v) is 14.0. The highest BCUT2D eigenvalue weighted by molar-refractivity contribution is 5.82. The summed E-state index contributed by atoms with van der Waals surface area (Å²) in [6.07, 6.45) is 6.13. The molecule has 3 atom stereocenters. The van der Waals surface area contributed by atoms with Gasteiger partial charge < -0.3 is 15.4 Å². The molecule has 1 heterocycles. The van der Waals surface area contributed by atoms with Crippen molar-refractivity contribution in [3.8, 4) is 0 Å². The number of carbonyl (C=O) groups excluding carboxylic acids is 1. The molecule has 0 radical (unpaired) electrons. The second kappa shape index (κ2) is 7.93. The Morgan fingerprint density at radius 2 is 2.13 bits per heavy atom. The van der Waals surface area contributed by atoms with Crippen molar-refractivity contribution in [2.45, 2.75) is 64.3 Å². The number of nitrogens with one attached hydrogen (secondary N) is 2. The molecule has 2 fully saturated rings. The molecule has 1 aromatic rings. The first kappa shape index (κ1) is 16.5. The minimum absolute atomic E-state index is 0.00490. The Hall–Kier alpha value is -1.39. The number of ether oxygens (including phenoxy) is 1. The number of carbonyl (C=O) groups is 1. The van der Waals surface area contributed by atoms with E-state index in [-0.39, 0.29) is 11.9 Å². The van der Waals surface area contributed by atoms with Crippen LogP contribution >= 0.6 is 0 Å². The van der Waals surface area contributed by atoms with Gasteiger partial charge in [-0.25, -0.2) is 0 Å². The van der Waals surface area contributed by atoms with E-state index < -0.39 is 0 Å². The molecule has 0 aromatic heterocycles. The van der Waals surface area contributed by atoms with Gasteiger partial charge in [0.15, 0.2) is 0 Å². The van der Waals surface area contributed by atoms with E-state index in [0.29, 0.717) is 25.1 Å². The number of hydrogen-bond donors (Lipinski definition) is 2. The molecule has 0 bridgehead atoms. The highest BCUT2D eigenvalue weighted by atomic mass is 16.5. The third-order valence-corrected chi connectivity index (χ3v) is 5.11. The lowest BCUT2D eigenvalue weighted by Crippen LogP contribution is -2.42. The largest absolute Gasteiger partial charge is 0.377 e. The highest BCUT2D eigenvalue weighted by Crippen LogP contribution is 2.33. The molecule has 1 aliphatic heterocycles. The van der Waals surface area contributed by atoms with Crippen molar-refractivity contribution in [2.24, 2.45) is 5.92 Å². The van der Waals surface area contributed by atoms with Crippen LogP contribution in [0, 0.1) is 5.92 Å². The Labute approximate surface area is 139 Å². The molecule has 23 heavy (non-hydrogen) atoms. The predicted octanol–water partition coefficient (Wildman–Crippen LogP) is 2.76. The maximum atomic E-state index is 12.4. The Morgan fingerprint density at radius 1 is 1.30 bits per heavy atom. The van der Waals surface area contributed by atoms with E-state index >= 15 is 0 Å². The molecule has 0 unspecified atom stereocenters. The molecule has 1 aliphatic carbocycles. The fraction of sp³-hybridized carbons (Fsp3) is 0.632. The highest BCUT2D eigenvalue weighted by Gasteiger charge is 2.37. The van der Waals surface area contributed by atoms with Crippen LogP contribution in [0.5, 0.6) is 0 Å². The van der Waals surface area contributed by atoms with E-state index in [1.807, 2.05) is 13.0 Å². The zero-order chi connectivity index (χ0) is 16.1. The summed E-state index contributed by atoms with van der Waals surface area (Å²) in [4.78, 5) is 12.4. The van der Waals surface area contributed by atoms with Gasteiger partial charge in [-0.2, -0.15) is 0 Å². The lowest BCUT2D eigenvalue weighted by Gasteiger charge is -2.24. The quantitative estimate of drug-likeness (QED) is 0.848. The number of benzene rings is 1. The SMILES string of the molecule is CCOCc1cccc(CNC(=O)[C@@H]2C[C@H]3CCCC[C@H]3N2)c1. The lowest BCUT2D eigenvalue weighted by molar-refractivity contribution is -0.123. The summed E-state index contributed by atoms with van der Waals surface area (Å²) >= 11 is 0. The van der Waals surface area contributed by atoms with Crippen molar-refractivity contribution in [1.29, 1.82) is 0 Å². The average molecular weight is 316 g/mol. The Balaban J connectivity index is 1.49. The number of fused-ring (bicyclic) bond motifs is 1. The molecule has 1 aromatic carbocycles. The third kappa shape index (κ3) is 4.33. The lowest BCUT2D eigenvalue weighted by atomic mass is 9.85. The Kier molecular flexibility index (Phi) is 5.68. The van der Waals surface area contributed by atoms with E-state index in [0.717, 1.165) is 24.2 Å². The first-order valence-electron chi connectivity index (χ1n) is 8.95. The Morgan fingerprint density at radius 3 is 2.96 bits per heavy atom. The standard InChI is InChI=1S/C19H28N2O2/c1-2-23-13-15-7-5-6-14(10-15)12-20-19(22)18-11-16-8-3-4-9-17(16)21-18/h5-7,10,16-18,21H,2-4,8-9,11-13H2,1H3,(H,20,22)/t16-,17-,18+/m1/s1. The van der Waals surface area contributed by atoms with Crippen LogP contribution in [-0.4, -0.2) is 24.6 Å². The van der Waals surface area contributed by atoms with E-state index in [9.17, 15) is 4.79 Å². The summed E-state index contributed by atoms with van der Waals surface area (Å²) in [6, 6.07) is 8.81. The van der Waals surface area contributed by atoms with Gasteiger partial charge in [0.1, 0.15) is 0 Å².